The number of ether oxygens (including phenoxy) is 2. The molecular formula is C21H25FN2O4. The zero-order chi connectivity index (χ0) is 20.6. The fraction of sp³-hybridized carbons (Fsp3) is 0.333. The summed E-state index contributed by atoms with van der Waals surface area (Å²) in [7, 11) is 0. The number of benzene rings is 2. The van der Waals surface area contributed by atoms with Gasteiger partial charge in [-0.25, -0.2) is 14.0 Å². The van der Waals surface area contributed by atoms with Crippen LogP contribution in [-0.4, -0.2) is 17.8 Å². The molecule has 0 unspecified atom stereocenters. The number of alkyl carbamates (subject to hydrolysis) is 2. The first-order valence-corrected chi connectivity index (χ1v) is 8.91. The van der Waals surface area contributed by atoms with E-state index in [-0.39, 0.29) is 19.7 Å². The molecule has 28 heavy (non-hydrogen) atoms. The van der Waals surface area contributed by atoms with Crippen LogP contribution in [-0.2, 0) is 29.2 Å². The molecule has 0 aliphatic rings. The van der Waals surface area contributed by atoms with Gasteiger partial charge in [0.25, 0.3) is 0 Å². The molecule has 0 aromatic heterocycles. The van der Waals surface area contributed by atoms with Crippen molar-refractivity contribution in [3.05, 3.63) is 71.0 Å². The molecule has 0 fully saturated rings. The maximum absolute atomic E-state index is 14.2. The Morgan fingerprint density at radius 1 is 0.929 bits per heavy atom. The largest absolute Gasteiger partial charge is 0.445 e. The summed E-state index contributed by atoms with van der Waals surface area (Å²) in [6.45, 7) is 5.57. The van der Waals surface area contributed by atoms with Gasteiger partial charge in [-0.05, 0) is 38.0 Å². The molecule has 0 aliphatic heterocycles. The highest BCUT2D eigenvalue weighted by atomic mass is 19.1. The summed E-state index contributed by atoms with van der Waals surface area (Å²) in [5, 5.41) is 5.08. The summed E-state index contributed by atoms with van der Waals surface area (Å²) in [4.78, 5) is 23.4. The van der Waals surface area contributed by atoms with E-state index in [2.05, 4.69) is 10.6 Å². The lowest BCUT2D eigenvalue weighted by Crippen LogP contribution is -2.32. The Kier molecular flexibility index (Phi) is 7.37. The van der Waals surface area contributed by atoms with E-state index in [1.54, 1.807) is 32.9 Å². The van der Waals surface area contributed by atoms with Crippen molar-refractivity contribution in [1.82, 2.24) is 10.6 Å². The summed E-state index contributed by atoms with van der Waals surface area (Å²) < 4.78 is 24.4. The first-order valence-electron chi connectivity index (χ1n) is 8.91. The number of nitrogens with one attached hydrogen (secondary N) is 2. The summed E-state index contributed by atoms with van der Waals surface area (Å²) in [5.41, 5.74) is 1.17. The standard InChI is InChI=1S/C21H25FN2O4/c1-21(2,3)28-20(26)23-12-16-9-10-17(18(22)11-16)13-24-19(25)27-14-15-7-5-4-6-8-15/h4-11H,12-14H2,1-3H3,(H,23,26)(H,24,25). The monoisotopic (exact) mass is 388 g/mol. The van der Waals surface area contributed by atoms with Crippen LogP contribution in [0.4, 0.5) is 14.0 Å². The number of carbonyl (C=O) groups is 2. The summed E-state index contributed by atoms with van der Waals surface area (Å²) in [6, 6.07) is 13.8. The highest BCUT2D eigenvalue weighted by Gasteiger charge is 2.16. The Labute approximate surface area is 164 Å². The lowest BCUT2D eigenvalue weighted by molar-refractivity contribution is 0.0523. The Hall–Kier alpha value is -3.09. The number of hydrogen-bond donors (Lipinski definition) is 2. The van der Waals surface area contributed by atoms with Crippen molar-refractivity contribution in [2.75, 3.05) is 0 Å². The van der Waals surface area contributed by atoms with E-state index in [9.17, 15) is 14.0 Å². The normalized spacial score (nSPS) is 10.9. The van der Waals surface area contributed by atoms with Crippen LogP contribution < -0.4 is 10.6 Å². The van der Waals surface area contributed by atoms with E-state index in [1.807, 2.05) is 30.3 Å². The van der Waals surface area contributed by atoms with Crippen LogP contribution in [0, 0.1) is 5.82 Å². The van der Waals surface area contributed by atoms with Crippen molar-refractivity contribution in [1.29, 1.82) is 0 Å². The average molecular weight is 388 g/mol. The summed E-state index contributed by atoms with van der Waals surface area (Å²) in [5.74, 6) is -0.480. The van der Waals surface area contributed by atoms with E-state index >= 15 is 0 Å². The van der Waals surface area contributed by atoms with Gasteiger partial charge in [-0.3, -0.25) is 0 Å². The molecule has 2 aromatic carbocycles. The highest BCUT2D eigenvalue weighted by Crippen LogP contribution is 2.12. The third kappa shape index (κ3) is 7.65. The minimum atomic E-state index is -0.626. The molecule has 2 amide bonds. The van der Waals surface area contributed by atoms with Gasteiger partial charge in [-0.1, -0.05) is 42.5 Å². The molecule has 0 spiro atoms. The second kappa shape index (κ2) is 9.73. The first kappa shape index (κ1) is 21.2. The van der Waals surface area contributed by atoms with E-state index in [0.717, 1.165) is 5.56 Å². The molecule has 2 aromatic rings. The fourth-order valence-corrected chi connectivity index (χ4v) is 2.27. The Balaban J connectivity index is 1.78. The number of carbonyl (C=O) groups excluding carboxylic acids is 2. The number of amides is 2. The van der Waals surface area contributed by atoms with E-state index in [4.69, 9.17) is 9.47 Å². The van der Waals surface area contributed by atoms with Gasteiger partial charge in [0.15, 0.2) is 0 Å². The quantitative estimate of drug-likeness (QED) is 0.775. The molecule has 2 rings (SSSR count). The van der Waals surface area contributed by atoms with Gasteiger partial charge in [-0.2, -0.15) is 0 Å². The predicted octanol–water partition coefficient (Wildman–Crippen LogP) is 4.28. The predicted molar refractivity (Wildman–Crippen MR) is 103 cm³/mol. The van der Waals surface area contributed by atoms with Gasteiger partial charge >= 0.3 is 12.2 Å². The van der Waals surface area contributed by atoms with Crippen LogP contribution in [0.2, 0.25) is 0 Å². The maximum atomic E-state index is 14.2. The van der Waals surface area contributed by atoms with Gasteiger partial charge in [0.1, 0.15) is 18.0 Å². The van der Waals surface area contributed by atoms with Crippen LogP contribution in [0.1, 0.15) is 37.5 Å². The Morgan fingerprint density at radius 3 is 2.25 bits per heavy atom. The molecule has 0 heterocycles. The zero-order valence-corrected chi connectivity index (χ0v) is 16.3. The van der Waals surface area contributed by atoms with Gasteiger partial charge in [0.05, 0.1) is 0 Å². The second-order valence-electron chi connectivity index (χ2n) is 7.20. The smallest absolute Gasteiger partial charge is 0.407 e. The number of halogens is 1. The molecule has 150 valence electrons. The lowest BCUT2D eigenvalue weighted by atomic mass is 10.1. The molecule has 0 radical (unpaired) electrons. The lowest BCUT2D eigenvalue weighted by Gasteiger charge is -2.19. The van der Waals surface area contributed by atoms with Crippen LogP contribution in [0.3, 0.4) is 0 Å². The molecule has 7 heteroatoms. The van der Waals surface area contributed by atoms with Crippen LogP contribution >= 0.6 is 0 Å². The van der Waals surface area contributed by atoms with E-state index < -0.39 is 23.6 Å². The third-order valence-electron chi connectivity index (χ3n) is 3.59. The third-order valence-corrected chi connectivity index (χ3v) is 3.59. The SMILES string of the molecule is CC(C)(C)OC(=O)NCc1ccc(CNC(=O)OCc2ccccc2)c(F)c1. The van der Waals surface area contributed by atoms with Crippen molar-refractivity contribution >= 4 is 12.2 Å². The molecule has 2 N–H and O–H groups in total. The van der Waals surface area contributed by atoms with Crippen molar-refractivity contribution < 1.29 is 23.5 Å². The molecule has 0 bridgehead atoms. The van der Waals surface area contributed by atoms with Crippen LogP contribution in [0.25, 0.3) is 0 Å². The zero-order valence-electron chi connectivity index (χ0n) is 16.3. The van der Waals surface area contributed by atoms with Gasteiger partial charge in [0.2, 0.25) is 0 Å². The highest BCUT2D eigenvalue weighted by molar-refractivity contribution is 5.68. The topological polar surface area (TPSA) is 76.7 Å². The van der Waals surface area contributed by atoms with Crippen molar-refractivity contribution in [3.8, 4) is 0 Å². The van der Waals surface area contributed by atoms with Crippen molar-refractivity contribution in [2.45, 2.75) is 46.1 Å². The van der Waals surface area contributed by atoms with Crippen LogP contribution in [0.5, 0.6) is 0 Å². The van der Waals surface area contributed by atoms with E-state index in [1.165, 1.54) is 6.07 Å². The maximum Gasteiger partial charge on any atom is 0.407 e. The molecule has 0 saturated carbocycles. The molecule has 6 nitrogen and oxygen atoms in total. The fourth-order valence-electron chi connectivity index (χ4n) is 2.27. The van der Waals surface area contributed by atoms with Crippen molar-refractivity contribution in [3.63, 3.8) is 0 Å². The number of rotatable bonds is 6. The summed E-state index contributed by atoms with van der Waals surface area (Å²) >= 11 is 0. The van der Waals surface area contributed by atoms with E-state index in [0.29, 0.717) is 11.1 Å². The van der Waals surface area contributed by atoms with Crippen LogP contribution in [0.15, 0.2) is 48.5 Å². The Bertz CT molecular complexity index is 804. The molecule has 0 atom stereocenters. The first-order chi connectivity index (χ1) is 13.2. The van der Waals surface area contributed by atoms with Gasteiger partial charge in [0, 0.05) is 18.7 Å². The molecule has 0 saturated heterocycles. The minimum absolute atomic E-state index is 0.000763. The molecule has 0 aliphatic carbocycles. The van der Waals surface area contributed by atoms with Gasteiger partial charge < -0.3 is 20.1 Å². The Morgan fingerprint density at radius 2 is 1.61 bits per heavy atom. The summed E-state index contributed by atoms with van der Waals surface area (Å²) in [6.07, 6.45) is -1.20. The minimum Gasteiger partial charge on any atom is -0.445 e. The van der Waals surface area contributed by atoms with Gasteiger partial charge in [-0.15, -0.1) is 0 Å². The molecular weight excluding hydrogens is 363 g/mol. The average Bonchev–Trinajstić information content (AvgIpc) is 2.63. The van der Waals surface area contributed by atoms with Crippen molar-refractivity contribution in [2.24, 2.45) is 0 Å². The number of hydrogen-bond acceptors (Lipinski definition) is 4. The second-order valence-corrected chi connectivity index (χ2v) is 7.20.